The number of hydrogen-bond donors (Lipinski definition) is 0. The van der Waals surface area contributed by atoms with Gasteiger partial charge in [-0.05, 0) is 34.4 Å². The largest absolute Gasteiger partial charge is 0.248 e. The number of benzene rings is 3. The molecule has 4 rings (SSSR count). The molecule has 1 aromatic heterocycles. The van der Waals surface area contributed by atoms with Crippen LogP contribution in [0.2, 0.25) is 0 Å². The minimum Gasteiger partial charge on any atom is -0.248 e. The molecular weight excluding hydrogens is 270 g/mol. The Balaban J connectivity index is 1.72. The molecule has 0 N–H and O–H groups in total. The van der Waals surface area contributed by atoms with E-state index in [9.17, 15) is 0 Å². The summed E-state index contributed by atoms with van der Waals surface area (Å²) in [5.41, 5.74) is 6.78. The Morgan fingerprint density at radius 1 is 0.682 bits per heavy atom. The van der Waals surface area contributed by atoms with Gasteiger partial charge in [-0.2, -0.15) is 0 Å². The molecule has 0 unspecified atom stereocenters. The van der Waals surface area contributed by atoms with Crippen LogP contribution >= 0.6 is 0 Å². The van der Waals surface area contributed by atoms with Gasteiger partial charge in [-0.1, -0.05) is 65.9 Å². The predicted molar refractivity (Wildman–Crippen MR) is 89.4 cm³/mol. The van der Waals surface area contributed by atoms with Crippen molar-refractivity contribution in [2.45, 2.75) is 0 Å². The fourth-order valence-electron chi connectivity index (χ4n) is 2.71. The molecule has 0 atom stereocenters. The molecule has 4 aromatic rings. The smallest absolute Gasteiger partial charge is 0.113 e. The van der Waals surface area contributed by atoms with E-state index in [-0.39, 0.29) is 0 Å². The van der Waals surface area contributed by atoms with Crippen molar-refractivity contribution in [2.24, 2.45) is 7.05 Å². The van der Waals surface area contributed by atoms with E-state index >= 15 is 0 Å². The normalized spacial score (nSPS) is 11.0. The van der Waals surface area contributed by atoms with E-state index in [0.717, 1.165) is 16.6 Å². The van der Waals surface area contributed by atoms with Gasteiger partial charge in [0.2, 0.25) is 0 Å². The van der Waals surface area contributed by atoms with Crippen molar-refractivity contribution in [3.63, 3.8) is 0 Å². The molecule has 0 saturated heterocycles. The van der Waals surface area contributed by atoms with Crippen molar-refractivity contribution in [1.82, 2.24) is 15.0 Å². The monoisotopic (exact) mass is 285 g/mol. The summed E-state index contributed by atoms with van der Waals surface area (Å²) in [6, 6.07) is 25.3. The zero-order valence-corrected chi connectivity index (χ0v) is 12.3. The van der Waals surface area contributed by atoms with Crippen molar-refractivity contribution in [1.29, 1.82) is 0 Å². The summed E-state index contributed by atoms with van der Waals surface area (Å²) in [5.74, 6) is 0. The van der Waals surface area contributed by atoms with E-state index in [4.69, 9.17) is 0 Å². The molecule has 0 aliphatic carbocycles. The molecular formula is C19H15N3. The molecule has 0 amide bonds. The summed E-state index contributed by atoms with van der Waals surface area (Å²) in [5, 5.41) is 8.23. The number of aryl methyl sites for hydroxylation is 1. The molecule has 0 saturated carbocycles. The molecule has 106 valence electrons. The number of hydrogen-bond acceptors (Lipinski definition) is 2. The second-order valence-electron chi connectivity index (χ2n) is 5.36. The molecule has 0 spiro atoms. The van der Waals surface area contributed by atoms with Crippen LogP contribution in [-0.2, 0) is 7.05 Å². The molecule has 3 nitrogen and oxygen atoms in total. The maximum Gasteiger partial charge on any atom is 0.113 e. The molecule has 0 bridgehead atoms. The Bertz CT molecular complexity index is 922. The summed E-state index contributed by atoms with van der Waals surface area (Å²) in [7, 11) is 1.91. The first kappa shape index (κ1) is 12.8. The van der Waals surface area contributed by atoms with Crippen LogP contribution in [0.4, 0.5) is 0 Å². The third-order valence-corrected chi connectivity index (χ3v) is 3.94. The van der Waals surface area contributed by atoms with Crippen LogP contribution in [0.5, 0.6) is 0 Å². The molecule has 0 fully saturated rings. The highest BCUT2D eigenvalue weighted by molar-refractivity contribution is 5.82. The van der Waals surface area contributed by atoms with Gasteiger partial charge in [-0.15, -0.1) is 5.10 Å². The van der Waals surface area contributed by atoms with E-state index in [1.807, 2.05) is 13.1 Å². The van der Waals surface area contributed by atoms with Gasteiger partial charge in [0.15, 0.2) is 0 Å². The van der Waals surface area contributed by atoms with E-state index in [0.29, 0.717) is 0 Å². The summed E-state index contributed by atoms with van der Waals surface area (Å²) < 4.78 is 1.79. The lowest BCUT2D eigenvalue weighted by molar-refractivity contribution is 0.736. The SMILES string of the molecule is Cn1nnc2cc(-c3ccc(-c4ccccc4)cc3)ccc21. The first-order chi connectivity index (χ1) is 10.8. The number of rotatable bonds is 2. The van der Waals surface area contributed by atoms with Gasteiger partial charge in [0.05, 0.1) is 5.52 Å². The number of aromatic nitrogens is 3. The zero-order chi connectivity index (χ0) is 14.9. The van der Waals surface area contributed by atoms with E-state index < -0.39 is 0 Å². The predicted octanol–water partition coefficient (Wildman–Crippen LogP) is 4.30. The third-order valence-electron chi connectivity index (χ3n) is 3.94. The number of fused-ring (bicyclic) bond motifs is 1. The first-order valence-corrected chi connectivity index (χ1v) is 7.26. The average molecular weight is 285 g/mol. The Morgan fingerprint density at radius 3 is 2.00 bits per heavy atom. The van der Waals surface area contributed by atoms with Gasteiger partial charge >= 0.3 is 0 Å². The van der Waals surface area contributed by atoms with Gasteiger partial charge < -0.3 is 0 Å². The molecule has 3 aromatic carbocycles. The Labute approximate surface area is 128 Å². The fraction of sp³-hybridized carbons (Fsp3) is 0.0526. The Kier molecular flexibility index (Phi) is 2.97. The lowest BCUT2D eigenvalue weighted by atomic mass is 10.00. The molecule has 0 aliphatic rings. The third kappa shape index (κ3) is 2.17. The minimum atomic E-state index is 0.923. The zero-order valence-electron chi connectivity index (χ0n) is 12.3. The standard InChI is InChI=1S/C19H15N3/c1-22-19-12-11-17(13-18(19)20-21-22)16-9-7-15(8-10-16)14-5-3-2-4-6-14/h2-13H,1H3. The topological polar surface area (TPSA) is 30.7 Å². The summed E-state index contributed by atoms with van der Waals surface area (Å²) in [6.45, 7) is 0. The van der Waals surface area contributed by atoms with Gasteiger partial charge in [-0.3, -0.25) is 0 Å². The van der Waals surface area contributed by atoms with Crippen LogP contribution in [0.25, 0.3) is 33.3 Å². The van der Waals surface area contributed by atoms with Crippen LogP contribution in [-0.4, -0.2) is 15.0 Å². The van der Waals surface area contributed by atoms with Gasteiger partial charge in [0, 0.05) is 7.05 Å². The molecule has 22 heavy (non-hydrogen) atoms. The van der Waals surface area contributed by atoms with Crippen LogP contribution in [0.3, 0.4) is 0 Å². The maximum absolute atomic E-state index is 4.18. The Hall–Kier alpha value is -2.94. The van der Waals surface area contributed by atoms with Crippen molar-refractivity contribution in [3.05, 3.63) is 72.8 Å². The van der Waals surface area contributed by atoms with Gasteiger partial charge in [-0.25, -0.2) is 4.68 Å². The maximum atomic E-state index is 4.18. The fourth-order valence-corrected chi connectivity index (χ4v) is 2.71. The lowest BCUT2D eigenvalue weighted by Gasteiger charge is -2.05. The second-order valence-corrected chi connectivity index (χ2v) is 5.36. The highest BCUT2D eigenvalue weighted by Gasteiger charge is 2.05. The van der Waals surface area contributed by atoms with Crippen LogP contribution in [0, 0.1) is 0 Å². The minimum absolute atomic E-state index is 0.923. The first-order valence-electron chi connectivity index (χ1n) is 7.26. The lowest BCUT2D eigenvalue weighted by Crippen LogP contribution is -1.88. The van der Waals surface area contributed by atoms with E-state index in [1.54, 1.807) is 4.68 Å². The summed E-state index contributed by atoms with van der Waals surface area (Å²) in [6.07, 6.45) is 0. The van der Waals surface area contributed by atoms with Crippen LogP contribution in [0.15, 0.2) is 72.8 Å². The van der Waals surface area contributed by atoms with Crippen LogP contribution in [0.1, 0.15) is 0 Å². The van der Waals surface area contributed by atoms with Crippen molar-refractivity contribution in [3.8, 4) is 22.3 Å². The van der Waals surface area contributed by atoms with Crippen molar-refractivity contribution >= 4 is 11.0 Å². The van der Waals surface area contributed by atoms with Crippen molar-refractivity contribution < 1.29 is 0 Å². The molecule has 1 heterocycles. The van der Waals surface area contributed by atoms with E-state index in [2.05, 4.69) is 77.0 Å². The summed E-state index contributed by atoms with van der Waals surface area (Å²) >= 11 is 0. The van der Waals surface area contributed by atoms with Gasteiger partial charge in [0.1, 0.15) is 5.52 Å². The number of nitrogens with zero attached hydrogens (tertiary/aromatic N) is 3. The second kappa shape index (κ2) is 5.11. The van der Waals surface area contributed by atoms with Gasteiger partial charge in [0.25, 0.3) is 0 Å². The molecule has 0 aliphatic heterocycles. The van der Waals surface area contributed by atoms with Crippen molar-refractivity contribution in [2.75, 3.05) is 0 Å². The molecule has 0 radical (unpaired) electrons. The molecule has 3 heteroatoms. The Morgan fingerprint density at radius 2 is 1.27 bits per heavy atom. The average Bonchev–Trinajstić information content (AvgIpc) is 2.96. The summed E-state index contributed by atoms with van der Waals surface area (Å²) in [4.78, 5) is 0. The quantitative estimate of drug-likeness (QED) is 0.549. The van der Waals surface area contributed by atoms with E-state index in [1.165, 1.54) is 16.7 Å². The highest BCUT2D eigenvalue weighted by Crippen LogP contribution is 2.26. The van der Waals surface area contributed by atoms with Crippen LogP contribution < -0.4 is 0 Å². The highest BCUT2D eigenvalue weighted by atomic mass is 15.4.